The second-order valence-corrected chi connectivity index (χ2v) is 6.97. The van der Waals surface area contributed by atoms with E-state index in [1.165, 1.54) is 6.07 Å². The molecule has 27 heavy (non-hydrogen) atoms. The van der Waals surface area contributed by atoms with E-state index >= 15 is 0 Å². The number of likely N-dealkylation sites (tertiary alicyclic amines) is 1. The molecule has 1 fully saturated rings. The second kappa shape index (κ2) is 9.50. The molecule has 1 saturated heterocycles. The topological polar surface area (TPSA) is 58.1 Å². The Kier molecular flexibility index (Phi) is 6.81. The van der Waals surface area contributed by atoms with Crippen LogP contribution in [0, 0.1) is 17.6 Å². The number of hydrogen-bond acceptors (Lipinski definition) is 4. The summed E-state index contributed by atoms with van der Waals surface area (Å²) >= 11 is 0. The summed E-state index contributed by atoms with van der Waals surface area (Å²) in [6, 6.07) is 5.47. The number of nitrogens with one attached hydrogen (secondary N) is 1. The highest BCUT2D eigenvalue weighted by Gasteiger charge is 2.21. The third-order valence-electron chi connectivity index (χ3n) is 4.84. The van der Waals surface area contributed by atoms with E-state index in [2.05, 4.69) is 20.2 Å². The summed E-state index contributed by atoms with van der Waals surface area (Å²) < 4.78 is 26.1. The van der Waals surface area contributed by atoms with Crippen LogP contribution < -0.4 is 5.32 Å². The normalized spacial score (nSPS) is 17.6. The minimum atomic E-state index is -0.897. The van der Waals surface area contributed by atoms with Crippen molar-refractivity contribution in [3.8, 4) is 0 Å². The number of piperidine rings is 1. The maximum Gasteiger partial charge on any atom is 0.220 e. The Bertz CT molecular complexity index is 757. The van der Waals surface area contributed by atoms with Crippen LogP contribution in [0.5, 0.6) is 0 Å². The quantitative estimate of drug-likeness (QED) is 0.809. The van der Waals surface area contributed by atoms with Crippen LogP contribution in [0.2, 0.25) is 0 Å². The van der Waals surface area contributed by atoms with Gasteiger partial charge in [-0.1, -0.05) is 6.07 Å². The summed E-state index contributed by atoms with van der Waals surface area (Å²) in [5.74, 6) is -0.554. The molecule has 5 nitrogen and oxygen atoms in total. The van der Waals surface area contributed by atoms with Gasteiger partial charge in [-0.25, -0.2) is 18.7 Å². The molecule has 2 aromatic rings. The van der Waals surface area contributed by atoms with Gasteiger partial charge in [0, 0.05) is 31.9 Å². The molecule has 144 valence electrons. The fourth-order valence-corrected chi connectivity index (χ4v) is 3.42. The van der Waals surface area contributed by atoms with Gasteiger partial charge in [-0.15, -0.1) is 0 Å². The van der Waals surface area contributed by atoms with Gasteiger partial charge >= 0.3 is 0 Å². The van der Waals surface area contributed by atoms with Gasteiger partial charge in [-0.2, -0.15) is 0 Å². The van der Waals surface area contributed by atoms with Gasteiger partial charge in [-0.3, -0.25) is 9.69 Å². The third-order valence-corrected chi connectivity index (χ3v) is 4.84. The largest absolute Gasteiger partial charge is 0.352 e. The van der Waals surface area contributed by atoms with Crippen molar-refractivity contribution in [1.29, 1.82) is 0 Å². The summed E-state index contributed by atoms with van der Waals surface area (Å²) in [7, 11) is 0. The maximum atomic E-state index is 13.2. The van der Waals surface area contributed by atoms with Crippen LogP contribution in [0.1, 0.15) is 37.1 Å². The minimum Gasteiger partial charge on any atom is -0.352 e. The molecule has 0 saturated carbocycles. The standard InChI is InChI=1S/C20H24F2N4O/c21-17-6-4-16(11-18(17)22)12-25-20(27)7-5-15-3-1-10-26(13-15)14-19-23-8-2-9-24-19/h2,4,6,8-9,11,15H,1,3,5,7,10,12-14H2,(H,25,27)/t15-/m1/s1. The molecule has 3 rings (SSSR count). The zero-order valence-electron chi connectivity index (χ0n) is 15.2. The van der Waals surface area contributed by atoms with Crippen molar-refractivity contribution < 1.29 is 13.6 Å². The zero-order chi connectivity index (χ0) is 19.1. The number of hydrogen-bond donors (Lipinski definition) is 1. The van der Waals surface area contributed by atoms with Gasteiger partial charge in [0.15, 0.2) is 11.6 Å². The van der Waals surface area contributed by atoms with E-state index in [0.717, 1.165) is 56.9 Å². The molecule has 1 N–H and O–H groups in total. The Morgan fingerprint density at radius 2 is 2.04 bits per heavy atom. The molecule has 0 radical (unpaired) electrons. The number of carbonyl (C=O) groups excluding carboxylic acids is 1. The van der Waals surface area contributed by atoms with Gasteiger partial charge in [-0.05, 0) is 55.5 Å². The highest BCUT2D eigenvalue weighted by molar-refractivity contribution is 5.75. The molecular weight excluding hydrogens is 350 g/mol. The van der Waals surface area contributed by atoms with Crippen LogP contribution in [0.3, 0.4) is 0 Å². The molecule has 0 aliphatic carbocycles. The Hall–Kier alpha value is -2.41. The Labute approximate surface area is 157 Å². The van der Waals surface area contributed by atoms with E-state index in [-0.39, 0.29) is 12.5 Å². The van der Waals surface area contributed by atoms with E-state index in [0.29, 0.717) is 17.9 Å². The van der Waals surface area contributed by atoms with Gasteiger partial charge < -0.3 is 5.32 Å². The molecule has 1 atom stereocenters. The van der Waals surface area contributed by atoms with E-state index in [1.54, 1.807) is 18.5 Å². The van der Waals surface area contributed by atoms with Crippen LogP contribution in [0.15, 0.2) is 36.7 Å². The predicted molar refractivity (Wildman–Crippen MR) is 97.5 cm³/mol. The predicted octanol–water partition coefficient (Wildman–Crippen LogP) is 3.06. The molecule has 0 bridgehead atoms. The number of rotatable bonds is 7. The Balaban J connectivity index is 1.39. The van der Waals surface area contributed by atoms with Crippen LogP contribution in [-0.4, -0.2) is 33.9 Å². The smallest absolute Gasteiger partial charge is 0.220 e. The summed E-state index contributed by atoms with van der Waals surface area (Å²) in [5, 5.41) is 2.77. The summed E-state index contributed by atoms with van der Waals surface area (Å²) in [5.41, 5.74) is 0.550. The highest BCUT2D eigenvalue weighted by Crippen LogP contribution is 2.22. The van der Waals surface area contributed by atoms with Crippen molar-refractivity contribution in [2.24, 2.45) is 5.92 Å². The molecule has 1 aliphatic rings. The molecule has 1 aliphatic heterocycles. The number of amides is 1. The van der Waals surface area contributed by atoms with Gasteiger partial charge in [0.25, 0.3) is 0 Å². The monoisotopic (exact) mass is 374 g/mol. The van der Waals surface area contributed by atoms with E-state index in [1.807, 2.05) is 0 Å². The molecule has 0 spiro atoms. The number of benzene rings is 1. The van der Waals surface area contributed by atoms with Crippen LogP contribution >= 0.6 is 0 Å². The number of aromatic nitrogens is 2. The first-order valence-corrected chi connectivity index (χ1v) is 9.29. The highest BCUT2D eigenvalue weighted by atomic mass is 19.2. The fraction of sp³-hybridized carbons (Fsp3) is 0.450. The molecule has 1 aromatic heterocycles. The summed E-state index contributed by atoms with van der Waals surface area (Å²) in [6.07, 6.45) is 6.97. The Morgan fingerprint density at radius 3 is 2.81 bits per heavy atom. The molecule has 1 amide bonds. The van der Waals surface area contributed by atoms with Crippen molar-refractivity contribution in [3.63, 3.8) is 0 Å². The maximum absolute atomic E-state index is 13.2. The first kappa shape index (κ1) is 19.4. The lowest BCUT2D eigenvalue weighted by molar-refractivity contribution is -0.121. The lowest BCUT2D eigenvalue weighted by Gasteiger charge is -2.32. The van der Waals surface area contributed by atoms with E-state index in [4.69, 9.17) is 0 Å². The third kappa shape index (κ3) is 6.06. The average Bonchev–Trinajstić information content (AvgIpc) is 2.68. The van der Waals surface area contributed by atoms with Gasteiger partial charge in [0.2, 0.25) is 5.91 Å². The van der Waals surface area contributed by atoms with Crippen molar-refractivity contribution in [3.05, 3.63) is 59.7 Å². The lowest BCUT2D eigenvalue weighted by atomic mass is 9.93. The zero-order valence-corrected chi connectivity index (χ0v) is 15.2. The van der Waals surface area contributed by atoms with Gasteiger partial charge in [0.05, 0.1) is 6.54 Å². The number of halogens is 2. The molecule has 7 heteroatoms. The van der Waals surface area contributed by atoms with Crippen LogP contribution in [0.4, 0.5) is 8.78 Å². The molecule has 1 aromatic carbocycles. The van der Waals surface area contributed by atoms with Gasteiger partial charge in [0.1, 0.15) is 5.82 Å². The number of carbonyl (C=O) groups is 1. The SMILES string of the molecule is O=C(CC[C@H]1CCCN(Cc2ncccn2)C1)NCc1ccc(F)c(F)c1. The van der Waals surface area contributed by atoms with E-state index in [9.17, 15) is 13.6 Å². The summed E-state index contributed by atoms with van der Waals surface area (Å²) in [4.78, 5) is 22.9. The minimum absolute atomic E-state index is 0.0664. The Morgan fingerprint density at radius 1 is 1.22 bits per heavy atom. The van der Waals surface area contributed by atoms with Crippen molar-refractivity contribution >= 4 is 5.91 Å². The van der Waals surface area contributed by atoms with Crippen molar-refractivity contribution in [1.82, 2.24) is 20.2 Å². The first-order valence-electron chi connectivity index (χ1n) is 9.29. The molecular formula is C20H24F2N4O. The van der Waals surface area contributed by atoms with Crippen LogP contribution in [-0.2, 0) is 17.9 Å². The van der Waals surface area contributed by atoms with Crippen LogP contribution in [0.25, 0.3) is 0 Å². The van der Waals surface area contributed by atoms with Crippen molar-refractivity contribution in [2.45, 2.75) is 38.8 Å². The fourth-order valence-electron chi connectivity index (χ4n) is 3.42. The summed E-state index contributed by atoms with van der Waals surface area (Å²) in [6.45, 7) is 2.91. The number of nitrogens with zero attached hydrogens (tertiary/aromatic N) is 3. The lowest BCUT2D eigenvalue weighted by Crippen LogP contribution is -2.36. The molecule has 0 unspecified atom stereocenters. The first-order chi connectivity index (χ1) is 13.1. The van der Waals surface area contributed by atoms with Crippen molar-refractivity contribution in [2.75, 3.05) is 13.1 Å². The average molecular weight is 374 g/mol. The van der Waals surface area contributed by atoms with E-state index < -0.39 is 11.6 Å². The second-order valence-electron chi connectivity index (χ2n) is 6.97. The molecule has 2 heterocycles.